The fraction of sp³-hybridized carbons (Fsp3) is 0.167. The molecule has 2 aromatic rings. The molecule has 1 unspecified atom stereocenters. The van der Waals surface area contributed by atoms with Crippen LogP contribution in [0.2, 0.25) is 0 Å². The van der Waals surface area contributed by atoms with Gasteiger partial charge in [-0.25, -0.2) is 0 Å². The smallest absolute Gasteiger partial charge is 0.125 e. The predicted octanol–water partition coefficient (Wildman–Crippen LogP) is 2.64. The van der Waals surface area contributed by atoms with Crippen LogP contribution in [0.1, 0.15) is 22.9 Å². The molecule has 1 aromatic carbocycles. The van der Waals surface area contributed by atoms with Crippen LogP contribution in [0.5, 0.6) is 0 Å². The normalized spacial score (nSPS) is 12.7. The molecule has 0 fully saturated rings. The molecule has 0 amide bonds. The zero-order valence-electron chi connectivity index (χ0n) is 8.10. The van der Waals surface area contributed by atoms with Crippen molar-refractivity contribution >= 4 is 0 Å². The number of rotatable bonds is 2. The van der Waals surface area contributed by atoms with Gasteiger partial charge in [-0.15, -0.1) is 0 Å². The third-order valence-corrected chi connectivity index (χ3v) is 2.22. The first-order valence-electron chi connectivity index (χ1n) is 4.63. The van der Waals surface area contributed by atoms with Crippen LogP contribution >= 0.6 is 0 Å². The summed E-state index contributed by atoms with van der Waals surface area (Å²) in [6, 6.07) is 11.7. The van der Waals surface area contributed by atoms with E-state index in [9.17, 15) is 0 Å². The molecule has 1 heterocycles. The standard InChI is InChI=1S/C12H13NO/c1-9-7-11(14-8-9)12(13)10-5-3-2-4-6-10/h2-8,12H,13H2,1H3. The Bertz CT molecular complexity index is 405. The lowest BCUT2D eigenvalue weighted by Gasteiger charge is -2.07. The highest BCUT2D eigenvalue weighted by Crippen LogP contribution is 2.20. The molecule has 1 aromatic heterocycles. The number of nitrogens with two attached hydrogens (primary N) is 1. The van der Waals surface area contributed by atoms with Crippen molar-refractivity contribution in [3.63, 3.8) is 0 Å². The zero-order valence-corrected chi connectivity index (χ0v) is 8.10. The molecule has 2 nitrogen and oxygen atoms in total. The summed E-state index contributed by atoms with van der Waals surface area (Å²) < 4.78 is 5.36. The average Bonchev–Trinajstić information content (AvgIpc) is 2.65. The van der Waals surface area contributed by atoms with Gasteiger partial charge >= 0.3 is 0 Å². The number of hydrogen-bond acceptors (Lipinski definition) is 2. The van der Waals surface area contributed by atoms with Gasteiger partial charge in [0, 0.05) is 0 Å². The van der Waals surface area contributed by atoms with Gasteiger partial charge < -0.3 is 10.2 Å². The molecule has 0 saturated carbocycles. The Balaban J connectivity index is 2.29. The molecule has 0 aliphatic heterocycles. The first-order chi connectivity index (χ1) is 6.77. The minimum atomic E-state index is -0.162. The van der Waals surface area contributed by atoms with Crippen molar-refractivity contribution in [2.75, 3.05) is 0 Å². The van der Waals surface area contributed by atoms with Crippen LogP contribution in [0.25, 0.3) is 0 Å². The highest BCUT2D eigenvalue weighted by molar-refractivity contribution is 5.27. The Labute approximate surface area is 83.4 Å². The molecule has 14 heavy (non-hydrogen) atoms. The van der Waals surface area contributed by atoms with E-state index in [0.29, 0.717) is 0 Å². The summed E-state index contributed by atoms with van der Waals surface area (Å²) in [7, 11) is 0. The Morgan fingerprint density at radius 2 is 1.93 bits per heavy atom. The summed E-state index contributed by atoms with van der Waals surface area (Å²) in [4.78, 5) is 0. The summed E-state index contributed by atoms with van der Waals surface area (Å²) in [6.45, 7) is 1.99. The van der Waals surface area contributed by atoms with E-state index in [0.717, 1.165) is 16.9 Å². The van der Waals surface area contributed by atoms with Crippen LogP contribution in [-0.4, -0.2) is 0 Å². The van der Waals surface area contributed by atoms with Crippen LogP contribution in [0.15, 0.2) is 47.1 Å². The van der Waals surface area contributed by atoms with Crippen molar-refractivity contribution in [3.05, 3.63) is 59.5 Å². The topological polar surface area (TPSA) is 39.2 Å². The first kappa shape index (κ1) is 9.03. The zero-order chi connectivity index (χ0) is 9.97. The predicted molar refractivity (Wildman–Crippen MR) is 55.9 cm³/mol. The Morgan fingerprint density at radius 1 is 1.21 bits per heavy atom. The molecule has 0 saturated heterocycles. The number of furan rings is 1. The van der Waals surface area contributed by atoms with Gasteiger partial charge in [-0.05, 0) is 24.1 Å². The lowest BCUT2D eigenvalue weighted by molar-refractivity contribution is 0.489. The maximum absolute atomic E-state index is 6.04. The van der Waals surface area contributed by atoms with Gasteiger partial charge in [-0.2, -0.15) is 0 Å². The van der Waals surface area contributed by atoms with Gasteiger partial charge in [-0.1, -0.05) is 30.3 Å². The molecular formula is C12H13NO. The molecule has 72 valence electrons. The second kappa shape index (κ2) is 3.68. The van der Waals surface area contributed by atoms with Crippen molar-refractivity contribution in [1.29, 1.82) is 0 Å². The van der Waals surface area contributed by atoms with E-state index in [4.69, 9.17) is 10.2 Å². The number of aryl methyl sites for hydroxylation is 1. The summed E-state index contributed by atoms with van der Waals surface area (Å²) in [5, 5.41) is 0. The van der Waals surface area contributed by atoms with Gasteiger partial charge in [0.15, 0.2) is 0 Å². The van der Waals surface area contributed by atoms with E-state index in [-0.39, 0.29) is 6.04 Å². The Kier molecular flexibility index (Phi) is 2.37. The summed E-state index contributed by atoms with van der Waals surface area (Å²) in [6.07, 6.45) is 1.72. The van der Waals surface area contributed by atoms with Crippen molar-refractivity contribution in [2.45, 2.75) is 13.0 Å². The highest BCUT2D eigenvalue weighted by Gasteiger charge is 2.11. The van der Waals surface area contributed by atoms with Crippen molar-refractivity contribution < 1.29 is 4.42 Å². The number of hydrogen-bond donors (Lipinski definition) is 1. The van der Waals surface area contributed by atoms with Crippen LogP contribution in [0, 0.1) is 6.92 Å². The summed E-state index contributed by atoms with van der Waals surface area (Å²) >= 11 is 0. The van der Waals surface area contributed by atoms with E-state index in [2.05, 4.69) is 0 Å². The molecule has 1 atom stereocenters. The quantitative estimate of drug-likeness (QED) is 0.785. The van der Waals surface area contributed by atoms with Crippen LogP contribution in [0.3, 0.4) is 0 Å². The van der Waals surface area contributed by atoms with Crippen molar-refractivity contribution in [3.8, 4) is 0 Å². The SMILES string of the molecule is Cc1coc(C(N)c2ccccc2)c1. The van der Waals surface area contributed by atoms with E-state index < -0.39 is 0 Å². The monoisotopic (exact) mass is 187 g/mol. The largest absolute Gasteiger partial charge is 0.467 e. The molecule has 0 aliphatic rings. The Morgan fingerprint density at radius 3 is 2.50 bits per heavy atom. The van der Waals surface area contributed by atoms with E-state index in [1.54, 1.807) is 6.26 Å². The number of benzene rings is 1. The van der Waals surface area contributed by atoms with Crippen molar-refractivity contribution in [2.24, 2.45) is 5.73 Å². The summed E-state index contributed by atoms with van der Waals surface area (Å²) in [5.74, 6) is 0.814. The fourth-order valence-electron chi connectivity index (χ4n) is 1.44. The highest BCUT2D eigenvalue weighted by atomic mass is 16.3. The molecule has 2 heteroatoms. The lowest BCUT2D eigenvalue weighted by Crippen LogP contribution is -2.10. The average molecular weight is 187 g/mol. The molecule has 0 bridgehead atoms. The minimum absolute atomic E-state index is 0.162. The van der Waals surface area contributed by atoms with Crippen LogP contribution in [-0.2, 0) is 0 Å². The van der Waals surface area contributed by atoms with E-state index in [1.807, 2.05) is 43.3 Å². The third kappa shape index (κ3) is 1.70. The van der Waals surface area contributed by atoms with Gasteiger partial charge in [0.05, 0.1) is 12.3 Å². The maximum atomic E-state index is 6.04. The van der Waals surface area contributed by atoms with Crippen LogP contribution < -0.4 is 5.73 Å². The Hall–Kier alpha value is -1.54. The molecule has 0 spiro atoms. The molecule has 0 radical (unpaired) electrons. The third-order valence-electron chi connectivity index (χ3n) is 2.22. The second-order valence-corrected chi connectivity index (χ2v) is 3.41. The van der Waals surface area contributed by atoms with Gasteiger partial charge in [0.1, 0.15) is 5.76 Å². The van der Waals surface area contributed by atoms with E-state index >= 15 is 0 Å². The van der Waals surface area contributed by atoms with Gasteiger partial charge in [-0.3, -0.25) is 0 Å². The molecule has 0 aliphatic carbocycles. The van der Waals surface area contributed by atoms with Gasteiger partial charge in [0.2, 0.25) is 0 Å². The molecule has 2 rings (SSSR count). The first-order valence-corrected chi connectivity index (χ1v) is 4.63. The second-order valence-electron chi connectivity index (χ2n) is 3.41. The van der Waals surface area contributed by atoms with Crippen molar-refractivity contribution in [1.82, 2.24) is 0 Å². The molecular weight excluding hydrogens is 174 g/mol. The maximum Gasteiger partial charge on any atom is 0.125 e. The molecule has 2 N–H and O–H groups in total. The lowest BCUT2D eigenvalue weighted by atomic mass is 10.1. The van der Waals surface area contributed by atoms with E-state index in [1.165, 1.54) is 0 Å². The van der Waals surface area contributed by atoms with Crippen LogP contribution in [0.4, 0.5) is 0 Å². The van der Waals surface area contributed by atoms with Gasteiger partial charge in [0.25, 0.3) is 0 Å². The summed E-state index contributed by atoms with van der Waals surface area (Å²) in [5.41, 5.74) is 8.21. The fourth-order valence-corrected chi connectivity index (χ4v) is 1.44. The minimum Gasteiger partial charge on any atom is -0.467 e.